The van der Waals surface area contributed by atoms with Gasteiger partial charge < -0.3 is 10.6 Å². The molecule has 0 aliphatic rings. The van der Waals surface area contributed by atoms with E-state index < -0.39 is 0 Å². The zero-order valence-corrected chi connectivity index (χ0v) is 13.2. The lowest BCUT2D eigenvalue weighted by molar-refractivity contribution is -0.114. The number of nitrogens with one attached hydrogen (secondary N) is 2. The van der Waals surface area contributed by atoms with Gasteiger partial charge in [0.25, 0.3) is 0 Å². The van der Waals surface area contributed by atoms with Crippen LogP contribution in [0.5, 0.6) is 0 Å². The Balaban J connectivity index is 1.71. The summed E-state index contributed by atoms with van der Waals surface area (Å²) in [7, 11) is 0. The van der Waals surface area contributed by atoms with Crippen molar-refractivity contribution in [2.75, 3.05) is 17.2 Å². The molecule has 2 aromatic rings. The molecule has 0 aliphatic heterocycles. The Morgan fingerprint density at radius 2 is 2.14 bits per heavy atom. The Labute approximate surface area is 135 Å². The predicted molar refractivity (Wildman–Crippen MR) is 89.2 cm³/mol. The summed E-state index contributed by atoms with van der Waals surface area (Å²) in [5.74, 6) is 0.643. The van der Waals surface area contributed by atoms with Crippen molar-refractivity contribution in [1.82, 2.24) is 9.97 Å². The molecular formula is C16H19ClN4O. The lowest BCUT2D eigenvalue weighted by Crippen LogP contribution is -2.06. The minimum absolute atomic E-state index is 0.0519. The van der Waals surface area contributed by atoms with E-state index in [4.69, 9.17) is 11.6 Å². The maximum absolute atomic E-state index is 11.0. The lowest BCUT2D eigenvalue weighted by Gasteiger charge is -2.07. The first-order valence-corrected chi connectivity index (χ1v) is 7.59. The molecule has 22 heavy (non-hydrogen) atoms. The average molecular weight is 319 g/mol. The first-order valence-electron chi connectivity index (χ1n) is 7.21. The molecule has 116 valence electrons. The largest absolute Gasteiger partial charge is 0.369 e. The van der Waals surface area contributed by atoms with E-state index in [0.717, 1.165) is 31.5 Å². The van der Waals surface area contributed by atoms with Crippen molar-refractivity contribution in [1.29, 1.82) is 0 Å². The van der Waals surface area contributed by atoms with E-state index in [1.165, 1.54) is 18.7 Å². The van der Waals surface area contributed by atoms with E-state index in [1.54, 1.807) is 6.20 Å². The van der Waals surface area contributed by atoms with Crippen molar-refractivity contribution < 1.29 is 4.79 Å². The summed E-state index contributed by atoms with van der Waals surface area (Å²) in [6.45, 7) is 2.33. The number of unbranched alkanes of at least 4 members (excludes halogenated alkanes) is 1. The maximum Gasteiger partial charge on any atom is 0.221 e. The predicted octanol–water partition coefficient (Wildman–Crippen LogP) is 3.52. The van der Waals surface area contributed by atoms with Gasteiger partial charge in [-0.25, -0.2) is 4.98 Å². The Kier molecular flexibility index (Phi) is 6.15. The third kappa shape index (κ3) is 5.69. The first-order chi connectivity index (χ1) is 10.6. The molecular weight excluding hydrogens is 300 g/mol. The summed E-state index contributed by atoms with van der Waals surface area (Å²) >= 11 is 5.77. The van der Waals surface area contributed by atoms with Crippen LogP contribution in [0.2, 0.25) is 5.15 Å². The van der Waals surface area contributed by atoms with Gasteiger partial charge in [0, 0.05) is 19.2 Å². The van der Waals surface area contributed by atoms with Gasteiger partial charge in [-0.3, -0.25) is 9.78 Å². The topological polar surface area (TPSA) is 66.9 Å². The SMILES string of the molecule is CC(=O)Nc1cccc(CCCCNc2cncc(Cl)n2)c1. The standard InChI is InChI=1S/C16H19ClN4O/c1-12(22)20-14-7-4-6-13(9-14)5-2-3-8-19-16-11-18-10-15(17)21-16/h4,6-7,9-11H,2-3,5,8H2,1H3,(H,19,21)(H,20,22). The minimum atomic E-state index is -0.0519. The van der Waals surface area contributed by atoms with Crippen LogP contribution in [-0.2, 0) is 11.2 Å². The minimum Gasteiger partial charge on any atom is -0.369 e. The first kappa shape index (κ1) is 16.2. The summed E-state index contributed by atoms with van der Waals surface area (Å²) in [5.41, 5.74) is 2.06. The Hall–Kier alpha value is -2.14. The van der Waals surface area contributed by atoms with Crippen molar-refractivity contribution in [3.05, 3.63) is 47.4 Å². The van der Waals surface area contributed by atoms with Gasteiger partial charge in [-0.05, 0) is 37.0 Å². The van der Waals surface area contributed by atoms with Crippen LogP contribution in [0.25, 0.3) is 0 Å². The molecule has 2 rings (SSSR count). The van der Waals surface area contributed by atoms with Crippen molar-refractivity contribution in [2.45, 2.75) is 26.2 Å². The van der Waals surface area contributed by atoms with Crippen LogP contribution in [0.3, 0.4) is 0 Å². The van der Waals surface area contributed by atoms with Crippen molar-refractivity contribution >= 4 is 29.0 Å². The highest BCUT2D eigenvalue weighted by Crippen LogP contribution is 2.13. The number of aromatic nitrogens is 2. The van der Waals surface area contributed by atoms with Crippen molar-refractivity contribution in [3.8, 4) is 0 Å². The Morgan fingerprint density at radius 1 is 1.27 bits per heavy atom. The van der Waals surface area contributed by atoms with E-state index in [9.17, 15) is 4.79 Å². The number of carbonyl (C=O) groups is 1. The number of anilines is 2. The van der Waals surface area contributed by atoms with Crippen LogP contribution in [-0.4, -0.2) is 22.4 Å². The highest BCUT2D eigenvalue weighted by Gasteiger charge is 1.99. The van der Waals surface area contributed by atoms with E-state index in [2.05, 4.69) is 26.7 Å². The van der Waals surface area contributed by atoms with Crippen LogP contribution in [0.15, 0.2) is 36.7 Å². The lowest BCUT2D eigenvalue weighted by atomic mass is 10.1. The average Bonchev–Trinajstić information content (AvgIpc) is 2.47. The fraction of sp³-hybridized carbons (Fsp3) is 0.312. The second-order valence-electron chi connectivity index (χ2n) is 4.99. The van der Waals surface area contributed by atoms with E-state index in [0.29, 0.717) is 11.0 Å². The molecule has 0 saturated carbocycles. The zero-order chi connectivity index (χ0) is 15.8. The number of benzene rings is 1. The smallest absolute Gasteiger partial charge is 0.221 e. The molecule has 0 spiro atoms. The summed E-state index contributed by atoms with van der Waals surface area (Å²) < 4.78 is 0. The van der Waals surface area contributed by atoms with Crippen LogP contribution >= 0.6 is 11.6 Å². The Morgan fingerprint density at radius 3 is 2.91 bits per heavy atom. The van der Waals surface area contributed by atoms with E-state index >= 15 is 0 Å². The van der Waals surface area contributed by atoms with Gasteiger partial charge >= 0.3 is 0 Å². The summed E-state index contributed by atoms with van der Waals surface area (Å²) in [6.07, 6.45) is 6.19. The number of nitrogens with zero attached hydrogens (tertiary/aromatic N) is 2. The van der Waals surface area contributed by atoms with Crippen LogP contribution in [0.4, 0.5) is 11.5 Å². The van der Waals surface area contributed by atoms with Gasteiger partial charge in [0.1, 0.15) is 11.0 Å². The second-order valence-corrected chi connectivity index (χ2v) is 5.38. The molecule has 1 heterocycles. The number of aryl methyl sites for hydroxylation is 1. The monoisotopic (exact) mass is 318 g/mol. The molecule has 0 fully saturated rings. The highest BCUT2D eigenvalue weighted by atomic mass is 35.5. The molecule has 1 aromatic carbocycles. The van der Waals surface area contributed by atoms with Gasteiger partial charge in [0.2, 0.25) is 5.91 Å². The van der Waals surface area contributed by atoms with Gasteiger partial charge in [-0.1, -0.05) is 23.7 Å². The number of amides is 1. The molecule has 6 heteroatoms. The number of carbonyl (C=O) groups excluding carboxylic acids is 1. The Bertz CT molecular complexity index is 633. The van der Waals surface area contributed by atoms with Crippen molar-refractivity contribution in [2.24, 2.45) is 0 Å². The molecule has 1 aromatic heterocycles. The normalized spacial score (nSPS) is 10.3. The van der Waals surface area contributed by atoms with Crippen molar-refractivity contribution in [3.63, 3.8) is 0 Å². The molecule has 0 atom stereocenters. The molecule has 1 amide bonds. The van der Waals surface area contributed by atoms with E-state index in [1.807, 2.05) is 18.2 Å². The summed E-state index contributed by atoms with van der Waals surface area (Å²) in [6, 6.07) is 7.93. The van der Waals surface area contributed by atoms with Gasteiger partial charge in [-0.15, -0.1) is 0 Å². The number of halogens is 1. The van der Waals surface area contributed by atoms with Crippen LogP contribution in [0.1, 0.15) is 25.3 Å². The third-order valence-corrected chi connectivity index (χ3v) is 3.23. The molecule has 0 saturated heterocycles. The highest BCUT2D eigenvalue weighted by molar-refractivity contribution is 6.29. The molecule has 5 nitrogen and oxygen atoms in total. The van der Waals surface area contributed by atoms with Crippen LogP contribution < -0.4 is 10.6 Å². The van der Waals surface area contributed by atoms with Crippen LogP contribution in [0, 0.1) is 0 Å². The fourth-order valence-electron chi connectivity index (χ4n) is 2.11. The van der Waals surface area contributed by atoms with Gasteiger partial charge in [0.15, 0.2) is 0 Å². The third-order valence-electron chi connectivity index (χ3n) is 3.05. The second kappa shape index (κ2) is 8.34. The quantitative estimate of drug-likeness (QED) is 0.766. The molecule has 0 aliphatic carbocycles. The molecule has 0 bridgehead atoms. The van der Waals surface area contributed by atoms with Gasteiger partial charge in [0.05, 0.1) is 12.4 Å². The summed E-state index contributed by atoms with van der Waals surface area (Å²) in [5, 5.41) is 6.38. The summed E-state index contributed by atoms with van der Waals surface area (Å²) in [4.78, 5) is 19.1. The molecule has 0 unspecified atom stereocenters. The number of hydrogen-bond donors (Lipinski definition) is 2. The van der Waals surface area contributed by atoms with E-state index in [-0.39, 0.29) is 5.91 Å². The fourth-order valence-corrected chi connectivity index (χ4v) is 2.25. The van der Waals surface area contributed by atoms with Gasteiger partial charge in [-0.2, -0.15) is 0 Å². The number of hydrogen-bond acceptors (Lipinski definition) is 4. The maximum atomic E-state index is 11.0. The molecule has 2 N–H and O–H groups in total. The zero-order valence-electron chi connectivity index (χ0n) is 12.5. The number of rotatable bonds is 7. The molecule has 0 radical (unpaired) electrons.